The van der Waals surface area contributed by atoms with E-state index in [0.29, 0.717) is 0 Å². The summed E-state index contributed by atoms with van der Waals surface area (Å²) < 4.78 is 13.4. The van der Waals surface area contributed by atoms with Crippen LogP contribution in [-0.2, 0) is 0 Å². The molecule has 0 aliphatic heterocycles. The van der Waals surface area contributed by atoms with Crippen molar-refractivity contribution in [3.63, 3.8) is 0 Å². The van der Waals surface area contributed by atoms with Gasteiger partial charge in [-0.05, 0) is 26.5 Å². The summed E-state index contributed by atoms with van der Waals surface area (Å²) in [5, 5.41) is 3.10. The predicted octanol–water partition coefficient (Wildman–Crippen LogP) is 2.80. The van der Waals surface area contributed by atoms with Crippen molar-refractivity contribution in [3.8, 4) is 0 Å². The second-order valence-corrected chi connectivity index (χ2v) is 3.27. The lowest BCUT2D eigenvalue weighted by atomic mass is 10.0. The first-order valence-corrected chi connectivity index (χ1v) is 4.62. The van der Waals surface area contributed by atoms with E-state index in [-0.39, 0.29) is 11.9 Å². The maximum atomic E-state index is 13.4. The highest BCUT2D eigenvalue weighted by molar-refractivity contribution is 5.26. The van der Waals surface area contributed by atoms with Crippen LogP contribution in [0.4, 0.5) is 4.39 Å². The van der Waals surface area contributed by atoms with Crippen LogP contribution >= 0.6 is 0 Å². The van der Waals surface area contributed by atoms with E-state index in [0.717, 1.165) is 17.5 Å². The summed E-state index contributed by atoms with van der Waals surface area (Å²) in [4.78, 5) is 0. The fourth-order valence-electron chi connectivity index (χ4n) is 1.51. The van der Waals surface area contributed by atoms with E-state index in [1.807, 2.05) is 27.0 Å². The summed E-state index contributed by atoms with van der Waals surface area (Å²) in [7, 11) is 1.86. The van der Waals surface area contributed by atoms with Crippen LogP contribution in [0.25, 0.3) is 0 Å². The van der Waals surface area contributed by atoms with Crippen LogP contribution in [0.2, 0.25) is 0 Å². The van der Waals surface area contributed by atoms with Gasteiger partial charge in [-0.25, -0.2) is 4.39 Å². The molecule has 1 atom stereocenters. The summed E-state index contributed by atoms with van der Waals surface area (Å²) in [5.41, 5.74) is 1.87. The Hall–Kier alpha value is -0.890. The van der Waals surface area contributed by atoms with Crippen molar-refractivity contribution in [2.45, 2.75) is 26.3 Å². The van der Waals surface area contributed by atoms with Crippen LogP contribution in [0.1, 0.15) is 30.5 Å². The standard InChI is InChI=1S/C11H16FN/c1-4-11(13-3)9-7-8(2)5-6-10(9)12/h5-7,11,13H,4H2,1-3H3. The SMILES string of the molecule is CCC(NC)c1cc(C)ccc1F. The number of hydrogen-bond acceptors (Lipinski definition) is 1. The Morgan fingerprint density at radius 2 is 2.15 bits per heavy atom. The Balaban J connectivity index is 3.03. The number of benzene rings is 1. The molecular weight excluding hydrogens is 165 g/mol. The lowest BCUT2D eigenvalue weighted by Crippen LogP contribution is -2.16. The third-order valence-corrected chi connectivity index (χ3v) is 2.28. The van der Waals surface area contributed by atoms with Crippen LogP contribution in [-0.4, -0.2) is 7.05 Å². The van der Waals surface area contributed by atoms with Crippen molar-refractivity contribution >= 4 is 0 Å². The smallest absolute Gasteiger partial charge is 0.127 e. The average Bonchev–Trinajstić information content (AvgIpc) is 2.13. The van der Waals surface area contributed by atoms with E-state index < -0.39 is 0 Å². The second-order valence-electron chi connectivity index (χ2n) is 3.27. The molecule has 0 amide bonds. The molecule has 13 heavy (non-hydrogen) atoms. The normalized spacial score (nSPS) is 12.9. The zero-order valence-corrected chi connectivity index (χ0v) is 8.39. The Labute approximate surface area is 79.0 Å². The molecule has 0 bridgehead atoms. The van der Waals surface area contributed by atoms with Crippen molar-refractivity contribution in [1.82, 2.24) is 5.32 Å². The highest BCUT2D eigenvalue weighted by Crippen LogP contribution is 2.20. The summed E-state index contributed by atoms with van der Waals surface area (Å²) in [6.07, 6.45) is 0.900. The maximum absolute atomic E-state index is 13.4. The molecule has 1 unspecified atom stereocenters. The number of halogens is 1. The first-order chi connectivity index (χ1) is 6.19. The molecular formula is C11H16FN. The van der Waals surface area contributed by atoms with Gasteiger partial charge in [0.1, 0.15) is 5.82 Å². The molecule has 0 fully saturated rings. The molecule has 0 radical (unpaired) electrons. The van der Waals surface area contributed by atoms with Crippen LogP contribution < -0.4 is 5.32 Å². The summed E-state index contributed by atoms with van der Waals surface area (Å²) in [5.74, 6) is -0.119. The number of nitrogens with one attached hydrogen (secondary N) is 1. The topological polar surface area (TPSA) is 12.0 Å². The number of hydrogen-bond donors (Lipinski definition) is 1. The van der Waals surface area contributed by atoms with Crippen LogP contribution in [0.3, 0.4) is 0 Å². The average molecular weight is 181 g/mol. The van der Waals surface area contributed by atoms with Crippen molar-refractivity contribution in [3.05, 3.63) is 35.1 Å². The number of aryl methyl sites for hydroxylation is 1. The maximum Gasteiger partial charge on any atom is 0.127 e. The van der Waals surface area contributed by atoms with E-state index in [2.05, 4.69) is 5.32 Å². The third kappa shape index (κ3) is 2.28. The molecule has 2 heteroatoms. The molecule has 0 heterocycles. The summed E-state index contributed by atoms with van der Waals surface area (Å²) in [6.45, 7) is 4.02. The Morgan fingerprint density at radius 1 is 1.46 bits per heavy atom. The van der Waals surface area contributed by atoms with Gasteiger partial charge in [0.25, 0.3) is 0 Å². The first kappa shape index (κ1) is 10.2. The number of rotatable bonds is 3. The molecule has 1 aromatic rings. The van der Waals surface area contributed by atoms with Gasteiger partial charge >= 0.3 is 0 Å². The largest absolute Gasteiger partial charge is 0.313 e. The molecule has 0 aromatic heterocycles. The predicted molar refractivity (Wildman–Crippen MR) is 53.2 cm³/mol. The molecule has 1 N–H and O–H groups in total. The van der Waals surface area contributed by atoms with Crippen molar-refractivity contribution in [1.29, 1.82) is 0 Å². The zero-order chi connectivity index (χ0) is 9.84. The van der Waals surface area contributed by atoms with Crippen molar-refractivity contribution in [2.75, 3.05) is 7.05 Å². The fraction of sp³-hybridized carbons (Fsp3) is 0.455. The Bertz CT molecular complexity index is 279. The van der Waals surface area contributed by atoms with E-state index in [1.54, 1.807) is 6.07 Å². The Kier molecular flexibility index (Phi) is 3.43. The lowest BCUT2D eigenvalue weighted by molar-refractivity contribution is 0.525. The van der Waals surface area contributed by atoms with E-state index in [1.165, 1.54) is 6.07 Å². The van der Waals surface area contributed by atoms with Gasteiger partial charge in [-0.3, -0.25) is 0 Å². The molecule has 1 rings (SSSR count). The van der Waals surface area contributed by atoms with E-state index >= 15 is 0 Å². The van der Waals surface area contributed by atoms with E-state index in [4.69, 9.17) is 0 Å². The van der Waals surface area contributed by atoms with Crippen LogP contribution in [0, 0.1) is 12.7 Å². The summed E-state index contributed by atoms with van der Waals surface area (Å²) in [6, 6.07) is 5.35. The van der Waals surface area contributed by atoms with Gasteiger partial charge in [0.2, 0.25) is 0 Å². The highest BCUT2D eigenvalue weighted by Gasteiger charge is 2.11. The molecule has 1 nitrogen and oxygen atoms in total. The lowest BCUT2D eigenvalue weighted by Gasteiger charge is -2.15. The van der Waals surface area contributed by atoms with Gasteiger partial charge in [0, 0.05) is 11.6 Å². The molecule has 0 saturated heterocycles. The summed E-state index contributed by atoms with van der Waals surface area (Å²) >= 11 is 0. The minimum atomic E-state index is -0.119. The minimum Gasteiger partial charge on any atom is -0.313 e. The monoisotopic (exact) mass is 181 g/mol. The molecule has 0 saturated carbocycles. The van der Waals surface area contributed by atoms with Gasteiger partial charge in [0.05, 0.1) is 0 Å². The molecule has 72 valence electrons. The van der Waals surface area contributed by atoms with Gasteiger partial charge in [-0.15, -0.1) is 0 Å². The van der Waals surface area contributed by atoms with Crippen molar-refractivity contribution < 1.29 is 4.39 Å². The van der Waals surface area contributed by atoms with Crippen molar-refractivity contribution in [2.24, 2.45) is 0 Å². The fourth-order valence-corrected chi connectivity index (χ4v) is 1.51. The highest BCUT2D eigenvalue weighted by atomic mass is 19.1. The minimum absolute atomic E-state index is 0.119. The van der Waals surface area contributed by atoms with Crippen LogP contribution in [0.5, 0.6) is 0 Å². The molecule has 1 aromatic carbocycles. The first-order valence-electron chi connectivity index (χ1n) is 4.62. The molecule has 0 spiro atoms. The van der Waals surface area contributed by atoms with Gasteiger partial charge in [-0.1, -0.05) is 24.6 Å². The van der Waals surface area contributed by atoms with E-state index in [9.17, 15) is 4.39 Å². The quantitative estimate of drug-likeness (QED) is 0.756. The Morgan fingerprint density at radius 3 is 2.69 bits per heavy atom. The van der Waals surface area contributed by atoms with Gasteiger partial charge in [-0.2, -0.15) is 0 Å². The molecule has 0 aliphatic carbocycles. The van der Waals surface area contributed by atoms with Gasteiger partial charge < -0.3 is 5.32 Å². The van der Waals surface area contributed by atoms with Gasteiger partial charge in [0.15, 0.2) is 0 Å². The third-order valence-electron chi connectivity index (χ3n) is 2.28. The zero-order valence-electron chi connectivity index (χ0n) is 8.39. The van der Waals surface area contributed by atoms with Crippen LogP contribution in [0.15, 0.2) is 18.2 Å². The molecule has 0 aliphatic rings. The second kappa shape index (κ2) is 4.38.